The zero-order valence-corrected chi connectivity index (χ0v) is 14.0. The summed E-state index contributed by atoms with van der Waals surface area (Å²) in [6.07, 6.45) is 6.79. The van der Waals surface area contributed by atoms with Gasteiger partial charge in [-0.1, -0.05) is 12.8 Å². The summed E-state index contributed by atoms with van der Waals surface area (Å²) < 4.78 is 12.5. The van der Waals surface area contributed by atoms with Gasteiger partial charge in [0.1, 0.15) is 6.04 Å². The number of amides is 1. The molecule has 1 unspecified atom stereocenters. The lowest BCUT2D eigenvalue weighted by Gasteiger charge is -2.38. The first kappa shape index (κ1) is 16.3. The van der Waals surface area contributed by atoms with Gasteiger partial charge in [-0.15, -0.1) is 5.10 Å². The predicted octanol–water partition coefficient (Wildman–Crippen LogP) is 0.688. The summed E-state index contributed by atoms with van der Waals surface area (Å²) in [7, 11) is 3.43. The lowest BCUT2D eigenvalue weighted by molar-refractivity contribution is -0.134. The summed E-state index contributed by atoms with van der Waals surface area (Å²) in [6, 6.07) is 0.345. The van der Waals surface area contributed by atoms with Gasteiger partial charge < -0.3 is 14.8 Å². The summed E-state index contributed by atoms with van der Waals surface area (Å²) in [5, 5.41) is 7.22. The van der Waals surface area contributed by atoms with Crippen molar-refractivity contribution in [3.8, 4) is 5.88 Å². The fourth-order valence-corrected chi connectivity index (χ4v) is 3.63. The van der Waals surface area contributed by atoms with E-state index >= 15 is 0 Å². The number of hydrogen-bond acceptors (Lipinski definition) is 5. The molecule has 0 spiro atoms. The van der Waals surface area contributed by atoms with E-state index in [0.717, 1.165) is 18.7 Å². The lowest BCUT2D eigenvalue weighted by Crippen LogP contribution is -2.56. The van der Waals surface area contributed by atoms with Gasteiger partial charge in [-0.2, -0.15) is 0 Å². The normalized spacial score (nSPS) is 23.1. The Hall–Kier alpha value is -1.60. The molecular formula is C16H26N4O3. The van der Waals surface area contributed by atoms with Crippen LogP contribution in [0.15, 0.2) is 6.20 Å². The van der Waals surface area contributed by atoms with E-state index in [9.17, 15) is 4.79 Å². The third-order valence-corrected chi connectivity index (χ3v) is 4.78. The highest BCUT2D eigenvalue weighted by molar-refractivity contribution is 5.82. The second-order valence-corrected chi connectivity index (χ2v) is 6.32. The van der Waals surface area contributed by atoms with Crippen molar-refractivity contribution in [2.24, 2.45) is 7.05 Å². The van der Waals surface area contributed by atoms with Gasteiger partial charge in [0.15, 0.2) is 0 Å². The Kier molecular flexibility index (Phi) is 5.17. The first-order valence-electron chi connectivity index (χ1n) is 8.36. The monoisotopic (exact) mass is 322 g/mol. The maximum atomic E-state index is 12.6. The molecule has 0 aromatic carbocycles. The van der Waals surface area contributed by atoms with Gasteiger partial charge in [0, 0.05) is 32.4 Å². The zero-order valence-electron chi connectivity index (χ0n) is 14.0. The smallest absolute Gasteiger partial charge is 0.240 e. The molecule has 128 valence electrons. The minimum absolute atomic E-state index is 0.0301. The number of ether oxygens (including phenoxy) is 2. The van der Waals surface area contributed by atoms with Gasteiger partial charge in [-0.05, 0) is 12.8 Å². The number of nitrogens with one attached hydrogen (secondary N) is 1. The molecule has 1 aliphatic heterocycles. The molecule has 1 aromatic rings. The molecule has 0 bridgehead atoms. The van der Waals surface area contributed by atoms with Crippen molar-refractivity contribution >= 4 is 5.91 Å². The largest absolute Gasteiger partial charge is 0.480 e. The van der Waals surface area contributed by atoms with Crippen LogP contribution in [0.3, 0.4) is 0 Å². The number of aromatic nitrogens is 2. The van der Waals surface area contributed by atoms with Crippen molar-refractivity contribution in [2.45, 2.75) is 44.3 Å². The minimum atomic E-state index is -0.186. The number of morpholine rings is 1. The van der Waals surface area contributed by atoms with E-state index < -0.39 is 0 Å². The topological polar surface area (TPSA) is 68.6 Å². The molecular weight excluding hydrogens is 296 g/mol. The highest BCUT2D eigenvalue weighted by Crippen LogP contribution is 2.26. The van der Waals surface area contributed by atoms with E-state index in [-0.39, 0.29) is 11.9 Å². The fourth-order valence-electron chi connectivity index (χ4n) is 3.63. The third-order valence-electron chi connectivity index (χ3n) is 4.78. The number of nitrogens with zero attached hydrogens (tertiary/aromatic N) is 3. The van der Waals surface area contributed by atoms with Crippen LogP contribution in [0.1, 0.15) is 31.2 Å². The van der Waals surface area contributed by atoms with E-state index in [0.29, 0.717) is 25.1 Å². The van der Waals surface area contributed by atoms with Gasteiger partial charge in [0.25, 0.3) is 0 Å². The standard InChI is InChI=1S/C16H26N4O3/c1-19-10-12(16(18-19)22-2)9-17-15(21)14-11-23-8-7-20(14)13-5-3-4-6-13/h10,13-14H,3-9,11H2,1-2H3,(H,17,21). The van der Waals surface area contributed by atoms with Crippen molar-refractivity contribution in [3.63, 3.8) is 0 Å². The van der Waals surface area contributed by atoms with Crippen molar-refractivity contribution in [3.05, 3.63) is 11.8 Å². The molecule has 1 N–H and O–H groups in total. The first-order valence-corrected chi connectivity index (χ1v) is 8.36. The van der Waals surface area contributed by atoms with Crippen LogP contribution in [0.25, 0.3) is 0 Å². The van der Waals surface area contributed by atoms with Crippen LogP contribution in [0.2, 0.25) is 0 Å². The van der Waals surface area contributed by atoms with Gasteiger partial charge >= 0.3 is 0 Å². The summed E-state index contributed by atoms with van der Waals surface area (Å²) in [4.78, 5) is 15.0. The zero-order chi connectivity index (χ0) is 16.2. The summed E-state index contributed by atoms with van der Waals surface area (Å²) in [5.41, 5.74) is 0.882. The maximum absolute atomic E-state index is 12.6. The van der Waals surface area contributed by atoms with Gasteiger partial charge in [-0.25, -0.2) is 0 Å². The maximum Gasteiger partial charge on any atom is 0.240 e. The van der Waals surface area contributed by atoms with Gasteiger partial charge in [-0.3, -0.25) is 14.4 Å². The summed E-state index contributed by atoms with van der Waals surface area (Å²) >= 11 is 0. The number of carbonyl (C=O) groups excluding carboxylic acids is 1. The van der Waals surface area contributed by atoms with E-state index in [1.54, 1.807) is 11.8 Å². The van der Waals surface area contributed by atoms with Crippen molar-refractivity contribution in [2.75, 3.05) is 26.9 Å². The molecule has 1 saturated heterocycles. The average Bonchev–Trinajstić information content (AvgIpc) is 3.21. The van der Waals surface area contributed by atoms with Crippen LogP contribution in [0.4, 0.5) is 0 Å². The van der Waals surface area contributed by atoms with Gasteiger partial charge in [0.2, 0.25) is 11.8 Å². The molecule has 1 atom stereocenters. The number of hydrogen-bond donors (Lipinski definition) is 1. The lowest BCUT2D eigenvalue weighted by atomic mass is 10.1. The summed E-state index contributed by atoms with van der Waals surface area (Å²) in [5.74, 6) is 0.586. The van der Waals surface area contributed by atoms with Crippen molar-refractivity contribution < 1.29 is 14.3 Å². The Balaban J connectivity index is 1.61. The molecule has 0 radical (unpaired) electrons. The quantitative estimate of drug-likeness (QED) is 0.864. The first-order chi connectivity index (χ1) is 11.2. The summed E-state index contributed by atoms with van der Waals surface area (Å²) in [6.45, 7) is 2.47. The third kappa shape index (κ3) is 3.67. The van der Waals surface area contributed by atoms with E-state index in [4.69, 9.17) is 9.47 Å². The number of methoxy groups -OCH3 is 1. The minimum Gasteiger partial charge on any atom is -0.480 e. The van der Waals surface area contributed by atoms with Crippen LogP contribution >= 0.6 is 0 Å². The van der Waals surface area contributed by atoms with E-state index in [1.807, 2.05) is 13.2 Å². The highest BCUT2D eigenvalue weighted by Gasteiger charge is 2.35. The second-order valence-electron chi connectivity index (χ2n) is 6.32. The molecule has 1 amide bonds. The van der Waals surface area contributed by atoms with E-state index in [2.05, 4.69) is 15.3 Å². The SMILES string of the molecule is COc1nn(C)cc1CNC(=O)C1COCCN1C1CCCC1. The molecule has 2 fully saturated rings. The molecule has 1 aliphatic carbocycles. The van der Waals surface area contributed by atoms with Crippen LogP contribution in [-0.2, 0) is 23.1 Å². The molecule has 1 aromatic heterocycles. The number of rotatable bonds is 5. The molecule has 2 aliphatic rings. The Morgan fingerprint density at radius 2 is 2.26 bits per heavy atom. The molecule has 2 heterocycles. The average molecular weight is 322 g/mol. The molecule has 7 heteroatoms. The van der Waals surface area contributed by atoms with Crippen LogP contribution in [0, 0.1) is 0 Å². The van der Waals surface area contributed by atoms with Crippen molar-refractivity contribution in [1.29, 1.82) is 0 Å². The van der Waals surface area contributed by atoms with Crippen molar-refractivity contribution in [1.82, 2.24) is 20.0 Å². The Morgan fingerprint density at radius 1 is 1.48 bits per heavy atom. The molecule has 23 heavy (non-hydrogen) atoms. The Bertz CT molecular complexity index is 539. The number of carbonyl (C=O) groups is 1. The fraction of sp³-hybridized carbons (Fsp3) is 0.750. The van der Waals surface area contributed by atoms with Gasteiger partial charge in [0.05, 0.1) is 25.9 Å². The Morgan fingerprint density at radius 3 is 3.00 bits per heavy atom. The van der Waals surface area contributed by atoms with Crippen LogP contribution in [0.5, 0.6) is 5.88 Å². The van der Waals surface area contributed by atoms with Crippen LogP contribution in [-0.4, -0.2) is 59.5 Å². The Labute approximate surface area is 136 Å². The molecule has 7 nitrogen and oxygen atoms in total. The molecule has 1 saturated carbocycles. The predicted molar refractivity (Wildman–Crippen MR) is 85.2 cm³/mol. The highest BCUT2D eigenvalue weighted by atomic mass is 16.5. The molecule has 3 rings (SSSR count). The van der Waals surface area contributed by atoms with E-state index in [1.165, 1.54) is 25.7 Å². The second kappa shape index (κ2) is 7.31. The number of aryl methyl sites for hydroxylation is 1. The van der Waals surface area contributed by atoms with Crippen LogP contribution < -0.4 is 10.1 Å².